The highest BCUT2D eigenvalue weighted by molar-refractivity contribution is 6.00. The van der Waals surface area contributed by atoms with Crippen molar-refractivity contribution in [3.05, 3.63) is 143 Å². The molecule has 9 rings (SSSR count). The Hall–Kier alpha value is -6.46. The van der Waals surface area contributed by atoms with E-state index in [1.165, 1.54) is 4.90 Å². The lowest BCUT2D eigenvalue weighted by atomic mass is 9.94. The maximum Gasteiger partial charge on any atom is 0.253 e. The number of aliphatic hydroxyl groups excluding tert-OH is 1. The van der Waals surface area contributed by atoms with Gasteiger partial charge in [0.1, 0.15) is 0 Å². The lowest BCUT2D eigenvalue weighted by Gasteiger charge is -2.18. The van der Waals surface area contributed by atoms with Crippen molar-refractivity contribution in [2.24, 2.45) is 23.7 Å². The van der Waals surface area contributed by atoms with E-state index in [1.807, 2.05) is 66.7 Å². The van der Waals surface area contributed by atoms with Crippen LogP contribution in [0.5, 0.6) is 0 Å². The van der Waals surface area contributed by atoms with Gasteiger partial charge in [-0.2, -0.15) is 0 Å². The van der Waals surface area contributed by atoms with E-state index in [9.17, 15) is 28.8 Å². The molecule has 374 valence electrons. The number of carbonyl (C=O) groups excluding carboxylic acids is 6. The summed E-state index contributed by atoms with van der Waals surface area (Å²) >= 11 is 0. The van der Waals surface area contributed by atoms with Crippen LogP contribution in [0.25, 0.3) is 0 Å². The average molecular weight is 969 g/mol. The fourth-order valence-corrected chi connectivity index (χ4v) is 10.2. The number of hydrogen-bond acceptors (Lipinski definition) is 10. The molecule has 2 saturated heterocycles. The number of aliphatic hydroxyl groups is 1. The van der Waals surface area contributed by atoms with Crippen LogP contribution in [0, 0.1) is 23.7 Å². The SMILES string of the molecule is O=C(NCCOCCOCCOCCO)[C@@H]1CN(C(=O)c2ccc(C(=O)N3C[C@@H](C(=O)N[C@H]4C[C@@H]4c4ccccc4)[C@H](C(=O)N[C@H]4C[C@@H]4c4ccccc4)C3)cc2)C[C@H]1C(=O)N[C@H]1C[C@@H]1c1ccccc1. The minimum Gasteiger partial charge on any atom is -0.394 e. The van der Waals surface area contributed by atoms with E-state index in [4.69, 9.17) is 19.3 Å². The zero-order valence-corrected chi connectivity index (χ0v) is 39.9. The third-order valence-corrected chi connectivity index (χ3v) is 14.5. The fourth-order valence-electron chi connectivity index (χ4n) is 10.2. The molecule has 2 aliphatic heterocycles. The first-order valence-electron chi connectivity index (χ1n) is 25.0. The van der Waals surface area contributed by atoms with E-state index >= 15 is 0 Å². The second-order valence-corrected chi connectivity index (χ2v) is 19.4. The molecule has 0 spiro atoms. The highest BCUT2D eigenvalue weighted by Gasteiger charge is 2.50. The number of nitrogens with one attached hydrogen (secondary N) is 4. The number of nitrogens with zero attached hydrogens (tertiary/aromatic N) is 2. The van der Waals surface area contributed by atoms with Crippen molar-refractivity contribution in [2.75, 3.05) is 79.0 Å². The van der Waals surface area contributed by atoms with E-state index in [-0.39, 0.29) is 129 Å². The van der Waals surface area contributed by atoms with E-state index in [0.717, 1.165) is 36.0 Å². The fraction of sp³-hybridized carbons (Fsp3) is 0.455. The number of carbonyl (C=O) groups is 6. The van der Waals surface area contributed by atoms with Crippen molar-refractivity contribution in [2.45, 2.75) is 55.1 Å². The monoisotopic (exact) mass is 968 g/mol. The number of amides is 6. The quantitative estimate of drug-likeness (QED) is 0.0687. The lowest BCUT2D eigenvalue weighted by Crippen LogP contribution is -2.43. The molecule has 5 N–H and O–H groups in total. The molecular weight excluding hydrogens is 905 g/mol. The molecule has 0 bridgehead atoms. The van der Waals surface area contributed by atoms with Crippen molar-refractivity contribution < 1.29 is 48.1 Å². The summed E-state index contributed by atoms with van der Waals surface area (Å²) in [6.07, 6.45) is 2.40. The van der Waals surface area contributed by atoms with Gasteiger partial charge in [0.05, 0.1) is 69.9 Å². The van der Waals surface area contributed by atoms with Crippen LogP contribution in [0.3, 0.4) is 0 Å². The summed E-state index contributed by atoms with van der Waals surface area (Å²) in [5, 5.41) is 21.2. The summed E-state index contributed by atoms with van der Waals surface area (Å²) in [7, 11) is 0. The largest absolute Gasteiger partial charge is 0.394 e. The molecule has 0 radical (unpaired) electrons. The highest BCUT2D eigenvalue weighted by Crippen LogP contribution is 2.43. The predicted molar refractivity (Wildman–Crippen MR) is 262 cm³/mol. The first-order valence-corrected chi connectivity index (χ1v) is 25.0. The van der Waals surface area contributed by atoms with Gasteiger partial charge < -0.3 is 50.4 Å². The minimum absolute atomic E-state index is 0.0177. The zero-order chi connectivity index (χ0) is 49.3. The minimum atomic E-state index is -0.810. The molecule has 4 aromatic rings. The van der Waals surface area contributed by atoms with Crippen LogP contribution in [0.2, 0.25) is 0 Å². The van der Waals surface area contributed by atoms with Gasteiger partial charge in [-0.05, 0) is 60.2 Å². The molecule has 3 aliphatic carbocycles. The van der Waals surface area contributed by atoms with Gasteiger partial charge in [-0.3, -0.25) is 28.8 Å². The molecule has 10 atom stereocenters. The number of benzene rings is 4. The average Bonchev–Trinajstić information content (AvgIpc) is 4.37. The second kappa shape index (κ2) is 23.2. The van der Waals surface area contributed by atoms with Crippen LogP contribution in [0.15, 0.2) is 115 Å². The summed E-state index contributed by atoms with van der Waals surface area (Å²) in [5.74, 6) is -4.39. The maximum atomic E-state index is 14.2. The molecule has 0 aromatic heterocycles. The van der Waals surface area contributed by atoms with E-state index in [0.29, 0.717) is 32.0 Å². The summed E-state index contributed by atoms with van der Waals surface area (Å²) in [6, 6.07) is 36.1. The Balaban J connectivity index is 0.818. The van der Waals surface area contributed by atoms with Crippen LogP contribution in [0.1, 0.15) is 74.4 Å². The number of likely N-dealkylation sites (tertiary alicyclic amines) is 2. The Morgan fingerprint density at radius 2 is 0.761 bits per heavy atom. The number of ether oxygens (including phenoxy) is 3. The van der Waals surface area contributed by atoms with E-state index < -0.39 is 23.7 Å². The second-order valence-electron chi connectivity index (χ2n) is 19.4. The molecule has 3 saturated carbocycles. The number of rotatable bonds is 23. The highest BCUT2D eigenvalue weighted by atomic mass is 16.5. The third kappa shape index (κ3) is 12.5. The van der Waals surface area contributed by atoms with Gasteiger partial charge >= 0.3 is 0 Å². The van der Waals surface area contributed by atoms with Crippen LogP contribution in [-0.2, 0) is 33.4 Å². The smallest absolute Gasteiger partial charge is 0.253 e. The van der Waals surface area contributed by atoms with Gasteiger partial charge in [0, 0.05) is 79.7 Å². The summed E-state index contributed by atoms with van der Waals surface area (Å²) in [5.41, 5.74) is 4.02. The standard InChI is InChI=1S/C55H64N6O10/c62-21-23-70-25-27-71-26-24-69-22-20-56-50(63)43-31-60(32-44(43)51(64)57-47-28-40(47)35-10-4-1-5-11-35)54(67)38-16-18-39(19-17-38)55(68)61-33-45(52(65)58-48-29-41(48)36-12-6-2-7-13-36)46(34-61)53(66)59-49-30-42(49)37-14-8-3-9-15-37/h1-19,40-49,62H,20-34H2,(H,56,63)(H,57,64)(H,58,65)(H,59,66)/t40-,41-,42-,43-,44-,45-,46-,47+,48+,49+/m1/s1. The Kier molecular flexibility index (Phi) is 16.2. The normalized spacial score (nSPS) is 26.0. The topological polar surface area (TPSA) is 205 Å². The molecule has 4 aromatic carbocycles. The molecule has 71 heavy (non-hydrogen) atoms. The van der Waals surface area contributed by atoms with Crippen LogP contribution in [-0.4, -0.2) is 147 Å². The maximum absolute atomic E-state index is 14.2. The van der Waals surface area contributed by atoms with Crippen molar-refractivity contribution in [1.29, 1.82) is 0 Å². The van der Waals surface area contributed by atoms with Gasteiger partial charge in [0.25, 0.3) is 11.8 Å². The molecule has 5 fully saturated rings. The van der Waals surface area contributed by atoms with Crippen LogP contribution < -0.4 is 21.3 Å². The molecule has 0 unspecified atom stereocenters. The molecule has 6 amide bonds. The van der Waals surface area contributed by atoms with Gasteiger partial charge in [-0.1, -0.05) is 91.0 Å². The number of hydrogen-bond donors (Lipinski definition) is 5. The van der Waals surface area contributed by atoms with Gasteiger partial charge in [-0.25, -0.2) is 0 Å². The summed E-state index contributed by atoms with van der Waals surface area (Å²) in [4.78, 5) is 87.0. The molecule has 16 heteroatoms. The predicted octanol–water partition coefficient (Wildman–Crippen LogP) is 3.24. The van der Waals surface area contributed by atoms with Gasteiger partial charge in [-0.15, -0.1) is 0 Å². The Morgan fingerprint density at radius 3 is 1.11 bits per heavy atom. The summed E-state index contributed by atoms with van der Waals surface area (Å²) in [6.45, 7) is 2.17. The lowest BCUT2D eigenvalue weighted by molar-refractivity contribution is -0.133. The molecule has 16 nitrogen and oxygen atoms in total. The molecule has 5 aliphatic rings. The van der Waals surface area contributed by atoms with Gasteiger partial charge in [0.2, 0.25) is 23.6 Å². The van der Waals surface area contributed by atoms with E-state index in [2.05, 4.69) is 45.5 Å². The van der Waals surface area contributed by atoms with Crippen molar-refractivity contribution >= 4 is 35.4 Å². The van der Waals surface area contributed by atoms with Crippen LogP contribution >= 0.6 is 0 Å². The first-order chi connectivity index (χ1) is 34.7. The van der Waals surface area contributed by atoms with Crippen LogP contribution in [0.4, 0.5) is 0 Å². The first kappa shape index (κ1) is 49.5. The summed E-state index contributed by atoms with van der Waals surface area (Å²) < 4.78 is 16.2. The Morgan fingerprint density at radius 1 is 0.437 bits per heavy atom. The Labute approximate surface area is 414 Å². The zero-order valence-electron chi connectivity index (χ0n) is 39.9. The van der Waals surface area contributed by atoms with Crippen molar-refractivity contribution in [1.82, 2.24) is 31.1 Å². The van der Waals surface area contributed by atoms with Gasteiger partial charge in [0.15, 0.2) is 0 Å². The third-order valence-electron chi connectivity index (χ3n) is 14.5. The van der Waals surface area contributed by atoms with E-state index in [1.54, 1.807) is 29.2 Å². The Bertz CT molecular complexity index is 2410. The van der Waals surface area contributed by atoms with Crippen molar-refractivity contribution in [3.8, 4) is 0 Å². The van der Waals surface area contributed by atoms with Crippen molar-refractivity contribution in [3.63, 3.8) is 0 Å². The molecule has 2 heterocycles. The molecular formula is C55H64N6O10.